The molecule has 178 valence electrons. The van der Waals surface area contributed by atoms with Gasteiger partial charge in [-0.3, -0.25) is 0 Å². The molecule has 0 unspecified atom stereocenters. The fraction of sp³-hybridized carbons (Fsp3) is 0. The highest BCUT2D eigenvalue weighted by molar-refractivity contribution is 7.25. The van der Waals surface area contributed by atoms with Gasteiger partial charge in [-0.05, 0) is 24.3 Å². The number of para-hydroxylation sites is 1. The molecule has 3 nitrogen and oxygen atoms in total. The molecule has 0 saturated heterocycles. The van der Waals surface area contributed by atoms with E-state index in [4.69, 9.17) is 9.97 Å². The van der Waals surface area contributed by atoms with Crippen molar-refractivity contribution < 1.29 is 0 Å². The number of hydrogen-bond acceptors (Lipinski definition) is 3. The zero-order chi connectivity index (χ0) is 25.1. The van der Waals surface area contributed by atoms with Crippen LogP contribution in [0.5, 0.6) is 0 Å². The third-order valence-electron chi connectivity index (χ3n) is 7.26. The smallest absolute Gasteiger partial charge is 0.159 e. The summed E-state index contributed by atoms with van der Waals surface area (Å²) in [6.07, 6.45) is 1.99. The van der Waals surface area contributed by atoms with Crippen LogP contribution in [0.3, 0.4) is 0 Å². The summed E-state index contributed by atoms with van der Waals surface area (Å²) >= 11 is 1.86. The number of thiophene rings is 1. The molecule has 0 radical (unpaired) electrons. The Morgan fingerprint density at radius 2 is 1.21 bits per heavy atom. The summed E-state index contributed by atoms with van der Waals surface area (Å²) in [4.78, 5) is 10.0. The molecular formula is C34H21N3S. The van der Waals surface area contributed by atoms with Crippen LogP contribution in [0.15, 0.2) is 128 Å². The minimum Gasteiger partial charge on any atom is -0.306 e. The van der Waals surface area contributed by atoms with E-state index in [-0.39, 0.29) is 0 Å². The SMILES string of the molecule is c1ccc(-c2ncc(-n3c4ccccc4c4cc5sc6ccccc6c5cc43)c(-c3ccccc3)n2)cc1. The monoisotopic (exact) mass is 503 g/mol. The highest BCUT2D eigenvalue weighted by Crippen LogP contribution is 2.41. The van der Waals surface area contributed by atoms with Crippen molar-refractivity contribution >= 4 is 53.3 Å². The Labute approximate surface area is 223 Å². The first-order valence-corrected chi connectivity index (χ1v) is 13.5. The lowest BCUT2D eigenvalue weighted by Gasteiger charge is -2.14. The van der Waals surface area contributed by atoms with Crippen LogP contribution in [0.25, 0.3) is 70.3 Å². The van der Waals surface area contributed by atoms with Crippen molar-refractivity contribution in [2.45, 2.75) is 0 Å². The Morgan fingerprint density at radius 1 is 0.526 bits per heavy atom. The Kier molecular flexibility index (Phi) is 4.69. The number of aromatic nitrogens is 3. The first-order valence-electron chi connectivity index (χ1n) is 12.7. The molecule has 8 rings (SSSR count). The average molecular weight is 504 g/mol. The normalized spacial score (nSPS) is 11.7. The molecular weight excluding hydrogens is 482 g/mol. The van der Waals surface area contributed by atoms with Crippen molar-refractivity contribution in [3.05, 3.63) is 128 Å². The van der Waals surface area contributed by atoms with E-state index in [1.54, 1.807) is 0 Å². The molecule has 3 aromatic heterocycles. The Bertz CT molecular complexity index is 2120. The van der Waals surface area contributed by atoms with Crippen LogP contribution >= 0.6 is 11.3 Å². The predicted molar refractivity (Wildman–Crippen MR) is 160 cm³/mol. The average Bonchev–Trinajstić information content (AvgIpc) is 3.51. The molecule has 3 heterocycles. The van der Waals surface area contributed by atoms with Crippen molar-refractivity contribution in [1.29, 1.82) is 0 Å². The number of hydrogen-bond donors (Lipinski definition) is 0. The standard InChI is InChI=1S/C34H21N3S/c1-3-11-22(12-4-1)33-30(21-35-34(36-33)23-13-5-2-6-14-23)37-28-17-9-7-15-24(28)26-20-32-27(19-29(26)37)25-16-8-10-18-31(25)38-32/h1-21H. The molecule has 0 atom stereocenters. The van der Waals surface area contributed by atoms with Crippen LogP contribution in [0.1, 0.15) is 0 Å². The van der Waals surface area contributed by atoms with E-state index in [0.29, 0.717) is 0 Å². The largest absolute Gasteiger partial charge is 0.306 e. The molecule has 0 spiro atoms. The summed E-state index contributed by atoms with van der Waals surface area (Å²) < 4.78 is 4.96. The fourth-order valence-electron chi connectivity index (χ4n) is 5.52. The quantitative estimate of drug-likeness (QED) is 0.240. The number of rotatable bonds is 3. The molecule has 0 amide bonds. The van der Waals surface area contributed by atoms with Gasteiger partial charge in [0.15, 0.2) is 5.82 Å². The lowest BCUT2D eigenvalue weighted by Crippen LogP contribution is -2.02. The van der Waals surface area contributed by atoms with Gasteiger partial charge in [-0.25, -0.2) is 9.97 Å². The van der Waals surface area contributed by atoms with E-state index in [1.807, 2.05) is 41.8 Å². The minimum absolute atomic E-state index is 0.722. The van der Waals surface area contributed by atoms with E-state index < -0.39 is 0 Å². The molecule has 0 aliphatic carbocycles. The summed E-state index contributed by atoms with van der Waals surface area (Å²) in [5.41, 5.74) is 6.27. The van der Waals surface area contributed by atoms with E-state index in [1.165, 1.54) is 30.9 Å². The van der Waals surface area contributed by atoms with Crippen LogP contribution in [-0.4, -0.2) is 14.5 Å². The third kappa shape index (κ3) is 3.21. The zero-order valence-electron chi connectivity index (χ0n) is 20.4. The van der Waals surface area contributed by atoms with Crippen molar-refractivity contribution in [1.82, 2.24) is 14.5 Å². The Morgan fingerprint density at radius 3 is 2.03 bits per heavy atom. The van der Waals surface area contributed by atoms with E-state index >= 15 is 0 Å². The van der Waals surface area contributed by atoms with Crippen molar-refractivity contribution in [3.63, 3.8) is 0 Å². The van der Waals surface area contributed by atoms with E-state index in [2.05, 4.69) is 102 Å². The van der Waals surface area contributed by atoms with Gasteiger partial charge in [0.1, 0.15) is 0 Å². The van der Waals surface area contributed by atoms with Crippen LogP contribution in [-0.2, 0) is 0 Å². The van der Waals surface area contributed by atoms with Crippen LogP contribution < -0.4 is 0 Å². The Balaban J connectivity index is 1.49. The highest BCUT2D eigenvalue weighted by atomic mass is 32.1. The van der Waals surface area contributed by atoms with E-state index in [0.717, 1.165) is 39.4 Å². The maximum atomic E-state index is 5.16. The van der Waals surface area contributed by atoms with Crippen molar-refractivity contribution in [2.24, 2.45) is 0 Å². The second-order valence-electron chi connectivity index (χ2n) is 9.48. The molecule has 0 fully saturated rings. The number of nitrogens with zero attached hydrogens (tertiary/aromatic N) is 3. The van der Waals surface area contributed by atoms with Gasteiger partial charge in [0.25, 0.3) is 0 Å². The number of fused-ring (bicyclic) bond motifs is 6. The Hall–Kier alpha value is -4.80. The topological polar surface area (TPSA) is 30.7 Å². The van der Waals surface area contributed by atoms with Gasteiger partial charge in [-0.1, -0.05) is 97.1 Å². The maximum absolute atomic E-state index is 5.16. The minimum atomic E-state index is 0.722. The summed E-state index contributed by atoms with van der Waals surface area (Å²) in [5, 5.41) is 5.05. The second kappa shape index (κ2) is 8.37. The van der Waals surface area contributed by atoms with E-state index in [9.17, 15) is 0 Å². The first kappa shape index (κ1) is 21.3. The van der Waals surface area contributed by atoms with Crippen LogP contribution in [0.4, 0.5) is 0 Å². The van der Waals surface area contributed by atoms with Crippen LogP contribution in [0, 0.1) is 0 Å². The summed E-state index contributed by atoms with van der Waals surface area (Å²) in [7, 11) is 0. The maximum Gasteiger partial charge on any atom is 0.159 e. The lowest BCUT2D eigenvalue weighted by atomic mass is 10.1. The van der Waals surface area contributed by atoms with Crippen LogP contribution in [0.2, 0.25) is 0 Å². The summed E-state index contributed by atoms with van der Waals surface area (Å²) in [6, 6.07) is 42.6. The molecule has 38 heavy (non-hydrogen) atoms. The second-order valence-corrected chi connectivity index (χ2v) is 10.6. The van der Waals surface area contributed by atoms with Gasteiger partial charge in [0, 0.05) is 42.1 Å². The zero-order valence-corrected chi connectivity index (χ0v) is 21.2. The molecule has 0 N–H and O–H groups in total. The summed E-state index contributed by atoms with van der Waals surface area (Å²) in [6.45, 7) is 0. The molecule has 0 aliphatic rings. The van der Waals surface area contributed by atoms with Gasteiger partial charge in [-0.15, -0.1) is 11.3 Å². The molecule has 4 heteroatoms. The van der Waals surface area contributed by atoms with Gasteiger partial charge >= 0.3 is 0 Å². The number of benzene rings is 5. The van der Waals surface area contributed by atoms with Gasteiger partial charge in [-0.2, -0.15) is 0 Å². The lowest BCUT2D eigenvalue weighted by molar-refractivity contribution is 1.09. The molecule has 0 aliphatic heterocycles. The third-order valence-corrected chi connectivity index (χ3v) is 8.39. The fourth-order valence-corrected chi connectivity index (χ4v) is 6.65. The predicted octanol–water partition coefficient (Wildman–Crippen LogP) is 9.28. The highest BCUT2D eigenvalue weighted by Gasteiger charge is 2.19. The van der Waals surface area contributed by atoms with Gasteiger partial charge in [0.2, 0.25) is 0 Å². The molecule has 0 bridgehead atoms. The molecule has 5 aromatic carbocycles. The molecule has 0 saturated carbocycles. The first-order chi connectivity index (χ1) is 18.8. The van der Waals surface area contributed by atoms with Gasteiger partial charge < -0.3 is 4.57 Å². The summed E-state index contributed by atoms with van der Waals surface area (Å²) in [5.74, 6) is 0.722. The van der Waals surface area contributed by atoms with Gasteiger partial charge in [0.05, 0.1) is 28.6 Å². The van der Waals surface area contributed by atoms with Crippen molar-refractivity contribution in [2.75, 3.05) is 0 Å². The molecule has 8 aromatic rings. The van der Waals surface area contributed by atoms with Crippen molar-refractivity contribution in [3.8, 4) is 28.3 Å².